The van der Waals surface area contributed by atoms with Crippen LogP contribution < -0.4 is 10.1 Å². The highest BCUT2D eigenvalue weighted by Gasteiger charge is 2.32. The molecule has 116 valence electrons. The molecule has 2 heterocycles. The van der Waals surface area contributed by atoms with Crippen molar-refractivity contribution in [3.05, 3.63) is 29.3 Å². The van der Waals surface area contributed by atoms with Crippen LogP contribution >= 0.6 is 11.6 Å². The summed E-state index contributed by atoms with van der Waals surface area (Å²) in [7, 11) is 0. The predicted molar refractivity (Wildman–Crippen MR) is 87.1 cm³/mol. The summed E-state index contributed by atoms with van der Waals surface area (Å²) >= 11 is 6.19. The largest absolute Gasteiger partial charge is 0.488 e. The van der Waals surface area contributed by atoms with Crippen LogP contribution in [-0.2, 0) is 0 Å². The van der Waals surface area contributed by atoms with Crippen LogP contribution in [0, 0.1) is 5.41 Å². The molecule has 21 heavy (non-hydrogen) atoms. The van der Waals surface area contributed by atoms with Gasteiger partial charge in [-0.15, -0.1) is 0 Å². The number of likely N-dealkylation sites (tertiary alicyclic amines) is 1. The van der Waals surface area contributed by atoms with Crippen LogP contribution in [0.4, 0.5) is 0 Å². The Hall–Kier alpha value is -0.770. The Morgan fingerprint density at radius 1 is 1.43 bits per heavy atom. The van der Waals surface area contributed by atoms with Crippen molar-refractivity contribution >= 4 is 11.6 Å². The summed E-state index contributed by atoms with van der Waals surface area (Å²) in [5.74, 6) is 0.819. The van der Waals surface area contributed by atoms with Gasteiger partial charge in [-0.05, 0) is 49.9 Å². The molecule has 3 nitrogen and oxygen atoms in total. The van der Waals surface area contributed by atoms with Crippen molar-refractivity contribution in [2.45, 2.75) is 32.3 Å². The molecule has 2 unspecified atom stereocenters. The summed E-state index contributed by atoms with van der Waals surface area (Å²) < 4.78 is 6.12. The molecule has 3 rings (SSSR count). The van der Waals surface area contributed by atoms with Crippen molar-refractivity contribution < 1.29 is 4.74 Å². The number of piperidine rings is 1. The fourth-order valence-electron chi connectivity index (χ4n) is 3.52. The van der Waals surface area contributed by atoms with Crippen LogP contribution in [0.3, 0.4) is 0 Å². The lowest BCUT2D eigenvalue weighted by molar-refractivity contribution is 0.0648. The number of ether oxygens (including phenoxy) is 1. The maximum absolute atomic E-state index is 6.19. The smallest absolute Gasteiger partial charge is 0.138 e. The maximum Gasteiger partial charge on any atom is 0.138 e. The molecule has 2 fully saturated rings. The van der Waals surface area contributed by atoms with Gasteiger partial charge in [0.05, 0.1) is 5.02 Å². The van der Waals surface area contributed by atoms with E-state index >= 15 is 0 Å². The van der Waals surface area contributed by atoms with Crippen LogP contribution in [0.25, 0.3) is 0 Å². The fourth-order valence-corrected chi connectivity index (χ4v) is 3.70. The second kappa shape index (κ2) is 6.55. The van der Waals surface area contributed by atoms with Crippen molar-refractivity contribution in [3.63, 3.8) is 0 Å². The quantitative estimate of drug-likeness (QED) is 0.924. The van der Waals surface area contributed by atoms with E-state index in [0.29, 0.717) is 10.4 Å². The summed E-state index contributed by atoms with van der Waals surface area (Å²) in [6.45, 7) is 8.07. The van der Waals surface area contributed by atoms with Crippen LogP contribution in [0.1, 0.15) is 26.2 Å². The van der Waals surface area contributed by atoms with Crippen molar-refractivity contribution in [3.8, 4) is 5.75 Å². The van der Waals surface area contributed by atoms with E-state index in [4.69, 9.17) is 16.3 Å². The molecule has 0 aliphatic carbocycles. The van der Waals surface area contributed by atoms with Gasteiger partial charge in [-0.1, -0.05) is 30.7 Å². The van der Waals surface area contributed by atoms with E-state index in [1.165, 1.54) is 25.9 Å². The second-order valence-corrected chi connectivity index (χ2v) is 7.19. The van der Waals surface area contributed by atoms with Gasteiger partial charge < -0.3 is 10.1 Å². The molecule has 2 aliphatic rings. The standard InChI is InChI=1S/C17H25ClN2O/c1-17(8-9-19-12-17)13-20-10-4-5-14(11-20)21-16-7-3-2-6-15(16)18/h2-3,6-7,14,19H,4-5,8-13H2,1H3. The Kier molecular flexibility index (Phi) is 4.72. The number of para-hydroxylation sites is 1. The van der Waals surface area contributed by atoms with E-state index in [-0.39, 0.29) is 6.10 Å². The van der Waals surface area contributed by atoms with Gasteiger partial charge in [0.25, 0.3) is 0 Å². The average Bonchev–Trinajstić information content (AvgIpc) is 2.88. The fraction of sp³-hybridized carbons (Fsp3) is 0.647. The molecule has 0 amide bonds. The number of nitrogens with one attached hydrogen (secondary N) is 1. The lowest BCUT2D eigenvalue weighted by atomic mass is 9.88. The average molecular weight is 309 g/mol. The van der Waals surface area contributed by atoms with E-state index in [9.17, 15) is 0 Å². The molecule has 0 saturated carbocycles. The van der Waals surface area contributed by atoms with Crippen molar-refractivity contribution in [2.24, 2.45) is 5.41 Å². The van der Waals surface area contributed by atoms with Crippen molar-refractivity contribution in [2.75, 3.05) is 32.7 Å². The van der Waals surface area contributed by atoms with Gasteiger partial charge in [0.2, 0.25) is 0 Å². The Bertz CT molecular complexity index is 474. The number of hydrogen-bond acceptors (Lipinski definition) is 3. The summed E-state index contributed by atoms with van der Waals surface area (Å²) in [6, 6.07) is 7.77. The first-order chi connectivity index (χ1) is 10.1. The first kappa shape index (κ1) is 15.1. The predicted octanol–water partition coefficient (Wildman–Crippen LogP) is 3.18. The molecular formula is C17H25ClN2O. The van der Waals surface area contributed by atoms with Gasteiger partial charge in [0.1, 0.15) is 11.9 Å². The van der Waals surface area contributed by atoms with Crippen LogP contribution in [-0.4, -0.2) is 43.7 Å². The highest BCUT2D eigenvalue weighted by Crippen LogP contribution is 2.29. The van der Waals surface area contributed by atoms with Gasteiger partial charge >= 0.3 is 0 Å². The van der Waals surface area contributed by atoms with E-state index in [1.54, 1.807) is 0 Å². The summed E-state index contributed by atoms with van der Waals surface area (Å²) in [6.07, 6.45) is 3.87. The highest BCUT2D eigenvalue weighted by molar-refractivity contribution is 6.32. The maximum atomic E-state index is 6.19. The zero-order chi connectivity index (χ0) is 14.7. The first-order valence-corrected chi connectivity index (χ1v) is 8.37. The Balaban J connectivity index is 1.57. The molecule has 2 atom stereocenters. The minimum atomic E-state index is 0.261. The molecule has 1 aromatic carbocycles. The molecule has 1 aromatic rings. The van der Waals surface area contributed by atoms with E-state index in [1.807, 2.05) is 24.3 Å². The van der Waals surface area contributed by atoms with E-state index < -0.39 is 0 Å². The van der Waals surface area contributed by atoms with Gasteiger partial charge in [-0.3, -0.25) is 4.90 Å². The zero-order valence-electron chi connectivity index (χ0n) is 12.8. The summed E-state index contributed by atoms with van der Waals surface area (Å²) in [5, 5.41) is 4.20. The SMILES string of the molecule is CC1(CN2CCCC(Oc3ccccc3Cl)C2)CCNC1. The number of halogens is 1. The minimum Gasteiger partial charge on any atom is -0.488 e. The van der Waals surface area contributed by atoms with E-state index in [2.05, 4.69) is 17.1 Å². The first-order valence-electron chi connectivity index (χ1n) is 7.99. The second-order valence-electron chi connectivity index (χ2n) is 6.79. The number of rotatable bonds is 4. The lowest BCUT2D eigenvalue weighted by Gasteiger charge is -2.37. The molecular weight excluding hydrogens is 284 g/mol. The third kappa shape index (κ3) is 3.91. The molecule has 2 aliphatic heterocycles. The normalized spacial score (nSPS) is 30.5. The molecule has 0 radical (unpaired) electrons. The summed E-state index contributed by atoms with van der Waals surface area (Å²) in [5.41, 5.74) is 0.423. The third-order valence-corrected chi connectivity index (χ3v) is 4.97. The Morgan fingerprint density at radius 2 is 2.29 bits per heavy atom. The topological polar surface area (TPSA) is 24.5 Å². The van der Waals surface area contributed by atoms with Crippen molar-refractivity contribution in [1.29, 1.82) is 0 Å². The van der Waals surface area contributed by atoms with Gasteiger partial charge in [0, 0.05) is 19.6 Å². The number of nitrogens with zero attached hydrogens (tertiary/aromatic N) is 1. The van der Waals surface area contributed by atoms with Crippen LogP contribution in [0.5, 0.6) is 5.75 Å². The van der Waals surface area contributed by atoms with Gasteiger partial charge in [-0.2, -0.15) is 0 Å². The molecule has 0 spiro atoms. The minimum absolute atomic E-state index is 0.261. The highest BCUT2D eigenvalue weighted by atomic mass is 35.5. The lowest BCUT2D eigenvalue weighted by Crippen LogP contribution is -2.46. The molecule has 2 saturated heterocycles. The summed E-state index contributed by atoms with van der Waals surface area (Å²) in [4.78, 5) is 2.57. The van der Waals surface area contributed by atoms with Crippen LogP contribution in [0.15, 0.2) is 24.3 Å². The van der Waals surface area contributed by atoms with E-state index in [0.717, 1.165) is 31.8 Å². The Morgan fingerprint density at radius 3 is 3.05 bits per heavy atom. The molecule has 0 bridgehead atoms. The Labute approximate surface area is 132 Å². The van der Waals surface area contributed by atoms with Crippen LogP contribution in [0.2, 0.25) is 5.02 Å². The monoisotopic (exact) mass is 308 g/mol. The van der Waals surface area contributed by atoms with Gasteiger partial charge in [-0.25, -0.2) is 0 Å². The number of benzene rings is 1. The molecule has 4 heteroatoms. The van der Waals surface area contributed by atoms with Gasteiger partial charge in [0.15, 0.2) is 0 Å². The van der Waals surface area contributed by atoms with Crippen molar-refractivity contribution in [1.82, 2.24) is 10.2 Å². The number of hydrogen-bond donors (Lipinski definition) is 1. The zero-order valence-corrected chi connectivity index (χ0v) is 13.5. The molecule has 1 N–H and O–H groups in total. The molecule has 0 aromatic heterocycles. The third-order valence-electron chi connectivity index (χ3n) is 4.65.